The van der Waals surface area contributed by atoms with Gasteiger partial charge in [0, 0.05) is 0 Å². The maximum atomic E-state index is 9.74. The highest BCUT2D eigenvalue weighted by Crippen LogP contribution is 2.33. The van der Waals surface area contributed by atoms with E-state index in [0.29, 0.717) is 0 Å². The minimum atomic E-state index is -0.241. The van der Waals surface area contributed by atoms with Gasteiger partial charge in [0.1, 0.15) is 0 Å². The molecule has 70 valence electrons. The second-order valence-corrected chi connectivity index (χ2v) is 3.95. The molecule has 1 heteroatoms. The molecule has 1 aliphatic rings. The molecular weight excluding hydrogens is 172 g/mol. The zero-order valence-electron chi connectivity index (χ0n) is 7.90. The minimum absolute atomic E-state index is 0.241. The summed E-state index contributed by atoms with van der Waals surface area (Å²) in [5, 5.41) is 12.2. The molecule has 0 radical (unpaired) electrons. The van der Waals surface area contributed by atoms with Crippen molar-refractivity contribution in [2.24, 2.45) is 0 Å². The van der Waals surface area contributed by atoms with E-state index < -0.39 is 0 Å². The fraction of sp³-hybridized carbons (Fsp3) is 0.231. The van der Waals surface area contributed by atoms with Gasteiger partial charge in [-0.15, -0.1) is 0 Å². The first-order valence-electron chi connectivity index (χ1n) is 5.04. The number of fused-ring (bicyclic) bond motifs is 2. The van der Waals surface area contributed by atoms with Crippen molar-refractivity contribution >= 4 is 10.8 Å². The van der Waals surface area contributed by atoms with Crippen LogP contribution in [0.5, 0.6) is 0 Å². The molecule has 0 aromatic heterocycles. The van der Waals surface area contributed by atoms with Gasteiger partial charge in [-0.3, -0.25) is 0 Å². The lowest BCUT2D eigenvalue weighted by atomic mass is 10.0. The molecule has 0 spiro atoms. The zero-order chi connectivity index (χ0) is 9.54. The van der Waals surface area contributed by atoms with Gasteiger partial charge < -0.3 is 5.11 Å². The number of aryl methyl sites for hydroxylation is 1. The summed E-state index contributed by atoms with van der Waals surface area (Å²) >= 11 is 0. The average Bonchev–Trinajstić information content (AvgIpc) is 2.57. The molecule has 1 aliphatic carbocycles. The first-order chi connectivity index (χ1) is 6.84. The monoisotopic (exact) mass is 184 g/mol. The summed E-state index contributed by atoms with van der Waals surface area (Å²) in [7, 11) is 0. The van der Waals surface area contributed by atoms with Crippen LogP contribution in [0.2, 0.25) is 0 Å². The van der Waals surface area contributed by atoms with Crippen LogP contribution in [0.3, 0.4) is 0 Å². The number of rotatable bonds is 0. The molecule has 2 aromatic rings. The Balaban J connectivity index is 2.33. The zero-order valence-corrected chi connectivity index (χ0v) is 7.90. The van der Waals surface area contributed by atoms with Crippen LogP contribution in [0.1, 0.15) is 23.7 Å². The Bertz CT molecular complexity index is 488. The number of aliphatic hydroxyl groups is 1. The summed E-state index contributed by atoms with van der Waals surface area (Å²) in [6.07, 6.45) is 1.65. The number of hydrogen-bond acceptors (Lipinski definition) is 1. The molecule has 0 fully saturated rings. The van der Waals surface area contributed by atoms with E-state index in [0.717, 1.165) is 18.4 Å². The Kier molecular flexibility index (Phi) is 1.62. The normalized spacial score (nSPS) is 19.9. The van der Waals surface area contributed by atoms with Crippen molar-refractivity contribution in [2.75, 3.05) is 0 Å². The SMILES string of the molecule is OC1CCc2cc3ccccc3cc21. The van der Waals surface area contributed by atoms with Gasteiger partial charge in [-0.1, -0.05) is 30.3 Å². The molecule has 3 rings (SSSR count). The Morgan fingerprint density at radius 3 is 2.57 bits per heavy atom. The largest absolute Gasteiger partial charge is 0.388 e. The van der Waals surface area contributed by atoms with Gasteiger partial charge in [0.25, 0.3) is 0 Å². The molecule has 14 heavy (non-hydrogen) atoms. The summed E-state index contributed by atoms with van der Waals surface area (Å²) in [5.74, 6) is 0. The van der Waals surface area contributed by atoms with Crippen molar-refractivity contribution in [3.63, 3.8) is 0 Å². The summed E-state index contributed by atoms with van der Waals surface area (Å²) in [4.78, 5) is 0. The first kappa shape index (κ1) is 8.01. The molecule has 0 heterocycles. The number of hydrogen-bond donors (Lipinski definition) is 1. The topological polar surface area (TPSA) is 20.2 Å². The van der Waals surface area contributed by atoms with E-state index in [9.17, 15) is 5.11 Å². The molecular formula is C13H12O. The van der Waals surface area contributed by atoms with E-state index in [1.54, 1.807) is 0 Å². The summed E-state index contributed by atoms with van der Waals surface area (Å²) in [5.41, 5.74) is 2.44. The molecule has 0 saturated heterocycles. The molecule has 1 atom stereocenters. The van der Waals surface area contributed by atoms with E-state index in [-0.39, 0.29) is 6.10 Å². The van der Waals surface area contributed by atoms with Crippen molar-refractivity contribution in [1.82, 2.24) is 0 Å². The molecule has 1 unspecified atom stereocenters. The van der Waals surface area contributed by atoms with Crippen molar-refractivity contribution in [3.8, 4) is 0 Å². The maximum absolute atomic E-state index is 9.74. The molecule has 1 N–H and O–H groups in total. The van der Waals surface area contributed by atoms with Crippen molar-refractivity contribution in [2.45, 2.75) is 18.9 Å². The highest BCUT2D eigenvalue weighted by molar-refractivity contribution is 5.84. The highest BCUT2D eigenvalue weighted by Gasteiger charge is 2.20. The van der Waals surface area contributed by atoms with Crippen LogP contribution in [-0.2, 0) is 6.42 Å². The van der Waals surface area contributed by atoms with Crippen LogP contribution in [0.4, 0.5) is 0 Å². The second-order valence-electron chi connectivity index (χ2n) is 3.95. The van der Waals surface area contributed by atoms with E-state index in [4.69, 9.17) is 0 Å². The summed E-state index contributed by atoms with van der Waals surface area (Å²) in [6, 6.07) is 12.7. The Morgan fingerprint density at radius 2 is 1.79 bits per heavy atom. The van der Waals surface area contributed by atoms with Crippen LogP contribution in [0, 0.1) is 0 Å². The van der Waals surface area contributed by atoms with Gasteiger partial charge in [0.05, 0.1) is 6.10 Å². The predicted molar refractivity (Wildman–Crippen MR) is 57.2 cm³/mol. The molecule has 0 amide bonds. The van der Waals surface area contributed by atoms with E-state index in [2.05, 4.69) is 30.3 Å². The molecule has 0 aliphatic heterocycles. The van der Waals surface area contributed by atoms with E-state index in [1.165, 1.54) is 16.3 Å². The predicted octanol–water partition coefficient (Wildman–Crippen LogP) is 2.82. The Hall–Kier alpha value is -1.34. The lowest BCUT2D eigenvalue weighted by molar-refractivity contribution is 0.180. The van der Waals surface area contributed by atoms with Gasteiger partial charge in [-0.25, -0.2) is 0 Å². The molecule has 0 saturated carbocycles. The van der Waals surface area contributed by atoms with Crippen molar-refractivity contribution < 1.29 is 5.11 Å². The van der Waals surface area contributed by atoms with Crippen molar-refractivity contribution in [1.29, 1.82) is 0 Å². The lowest BCUT2D eigenvalue weighted by Gasteiger charge is -2.05. The van der Waals surface area contributed by atoms with Gasteiger partial charge >= 0.3 is 0 Å². The van der Waals surface area contributed by atoms with Crippen LogP contribution in [0.25, 0.3) is 10.8 Å². The molecule has 0 bridgehead atoms. The highest BCUT2D eigenvalue weighted by atomic mass is 16.3. The maximum Gasteiger partial charge on any atom is 0.0796 e. The fourth-order valence-electron chi connectivity index (χ4n) is 2.28. The minimum Gasteiger partial charge on any atom is -0.388 e. The van der Waals surface area contributed by atoms with Gasteiger partial charge in [-0.2, -0.15) is 0 Å². The molecule has 1 nitrogen and oxygen atoms in total. The summed E-state index contributed by atoms with van der Waals surface area (Å²) in [6.45, 7) is 0. The third-order valence-corrected chi connectivity index (χ3v) is 3.05. The van der Waals surface area contributed by atoms with Crippen molar-refractivity contribution in [3.05, 3.63) is 47.5 Å². The Labute approximate surface area is 83.0 Å². The Morgan fingerprint density at radius 1 is 1.07 bits per heavy atom. The third kappa shape index (κ3) is 1.06. The first-order valence-corrected chi connectivity index (χ1v) is 5.04. The van der Waals surface area contributed by atoms with Gasteiger partial charge in [0.2, 0.25) is 0 Å². The number of aliphatic hydroxyl groups excluding tert-OH is 1. The van der Waals surface area contributed by atoms with Gasteiger partial charge in [-0.05, 0) is 40.8 Å². The second kappa shape index (κ2) is 2.82. The lowest BCUT2D eigenvalue weighted by Crippen LogP contribution is -1.89. The quantitative estimate of drug-likeness (QED) is 0.667. The average molecular weight is 184 g/mol. The van der Waals surface area contributed by atoms with E-state index >= 15 is 0 Å². The van der Waals surface area contributed by atoms with Crippen LogP contribution >= 0.6 is 0 Å². The van der Waals surface area contributed by atoms with E-state index in [1.807, 2.05) is 6.07 Å². The standard InChI is InChI=1S/C13H12O/c14-13-6-5-11-7-9-3-1-2-4-10(9)8-12(11)13/h1-4,7-8,13-14H,5-6H2. The third-order valence-electron chi connectivity index (χ3n) is 3.05. The smallest absolute Gasteiger partial charge is 0.0796 e. The fourth-order valence-corrected chi connectivity index (χ4v) is 2.28. The van der Waals surface area contributed by atoms with Crippen LogP contribution in [0.15, 0.2) is 36.4 Å². The summed E-state index contributed by atoms with van der Waals surface area (Å²) < 4.78 is 0. The van der Waals surface area contributed by atoms with Crippen LogP contribution < -0.4 is 0 Å². The van der Waals surface area contributed by atoms with Gasteiger partial charge in [0.15, 0.2) is 0 Å². The molecule has 2 aromatic carbocycles. The number of benzene rings is 2. The van der Waals surface area contributed by atoms with Crippen LogP contribution in [-0.4, -0.2) is 5.11 Å².